The van der Waals surface area contributed by atoms with Gasteiger partial charge in [-0.2, -0.15) is 0 Å². The largest absolute Gasteiger partial charge is 0.497 e. The number of aliphatic hydroxyl groups is 1. The van der Waals surface area contributed by atoms with Gasteiger partial charge in [0.15, 0.2) is 0 Å². The lowest BCUT2D eigenvalue weighted by molar-refractivity contribution is 0.0636. The predicted octanol–water partition coefficient (Wildman–Crippen LogP) is 5.12. The smallest absolute Gasteiger partial charge is 0.122 e. The number of ether oxygens (including phenoxy) is 2. The Bertz CT molecular complexity index is 1050. The lowest BCUT2D eigenvalue weighted by atomic mass is 10.00. The molecular weight excluding hydrogens is 410 g/mol. The second kappa shape index (κ2) is 9.73. The van der Waals surface area contributed by atoms with Gasteiger partial charge in [0.1, 0.15) is 24.2 Å². The Labute approximate surface area is 189 Å². The molecule has 1 heterocycles. The summed E-state index contributed by atoms with van der Waals surface area (Å²) in [5, 5.41) is 11.2. The van der Waals surface area contributed by atoms with E-state index < -0.39 is 6.10 Å². The van der Waals surface area contributed by atoms with Gasteiger partial charge >= 0.3 is 0 Å². The second-order valence-electron chi connectivity index (χ2n) is 8.04. The van der Waals surface area contributed by atoms with E-state index in [0.29, 0.717) is 11.6 Å². The van der Waals surface area contributed by atoms with Crippen molar-refractivity contribution in [1.29, 1.82) is 0 Å². The van der Waals surface area contributed by atoms with Gasteiger partial charge in [0.25, 0.3) is 0 Å². The number of benzene rings is 3. The van der Waals surface area contributed by atoms with Crippen LogP contribution in [0.3, 0.4) is 0 Å². The molecule has 0 fully saturated rings. The van der Waals surface area contributed by atoms with E-state index in [1.807, 2.05) is 43.3 Å². The van der Waals surface area contributed by atoms with Crippen molar-refractivity contribution in [3.05, 3.63) is 82.4 Å². The van der Waals surface area contributed by atoms with Crippen LogP contribution in [0, 0.1) is 6.92 Å². The maximum absolute atomic E-state index is 10.6. The molecule has 4 rings (SSSR count). The van der Waals surface area contributed by atoms with E-state index in [-0.39, 0.29) is 6.61 Å². The van der Waals surface area contributed by atoms with Gasteiger partial charge in [-0.1, -0.05) is 48.0 Å². The highest BCUT2D eigenvalue weighted by atomic mass is 35.5. The summed E-state index contributed by atoms with van der Waals surface area (Å²) >= 11 is 6.41. The van der Waals surface area contributed by atoms with Crippen LogP contribution >= 0.6 is 11.6 Å². The van der Waals surface area contributed by atoms with Crippen molar-refractivity contribution in [3.63, 3.8) is 0 Å². The van der Waals surface area contributed by atoms with E-state index >= 15 is 0 Å². The third kappa shape index (κ3) is 5.21. The van der Waals surface area contributed by atoms with E-state index in [2.05, 4.69) is 29.2 Å². The Morgan fingerprint density at radius 3 is 2.68 bits per heavy atom. The highest BCUT2D eigenvalue weighted by Crippen LogP contribution is 2.34. The van der Waals surface area contributed by atoms with Crippen LogP contribution in [0.2, 0.25) is 5.02 Å². The summed E-state index contributed by atoms with van der Waals surface area (Å²) in [6, 6.07) is 20.1. The van der Waals surface area contributed by atoms with Crippen LogP contribution in [0.15, 0.2) is 60.7 Å². The van der Waals surface area contributed by atoms with Gasteiger partial charge in [-0.25, -0.2) is 0 Å². The monoisotopic (exact) mass is 437 g/mol. The first-order valence-corrected chi connectivity index (χ1v) is 11.0. The van der Waals surface area contributed by atoms with Crippen LogP contribution in [0.1, 0.15) is 16.7 Å². The molecule has 1 atom stereocenters. The van der Waals surface area contributed by atoms with Crippen LogP contribution in [0.25, 0.3) is 11.1 Å². The van der Waals surface area contributed by atoms with Gasteiger partial charge in [-0.3, -0.25) is 4.90 Å². The molecule has 0 bridgehead atoms. The van der Waals surface area contributed by atoms with Crippen molar-refractivity contribution in [2.45, 2.75) is 26.0 Å². The number of nitrogens with zero attached hydrogens (tertiary/aromatic N) is 1. The molecule has 0 radical (unpaired) electrons. The van der Waals surface area contributed by atoms with E-state index in [4.69, 9.17) is 21.1 Å². The standard InChI is InChI=1S/C26H28ClNO3/c1-18-7-8-20(24-14-23(30-2)9-10-25(24)27)13-26(18)31-17-22(29)16-28-12-11-19-5-3-4-6-21(19)15-28/h3-10,13-14,22,29H,11-12,15-17H2,1-2H3. The Kier molecular flexibility index (Phi) is 6.81. The number of aliphatic hydroxyl groups excluding tert-OH is 1. The molecule has 0 saturated carbocycles. The Morgan fingerprint density at radius 2 is 1.87 bits per heavy atom. The van der Waals surface area contributed by atoms with E-state index in [1.54, 1.807) is 7.11 Å². The van der Waals surface area contributed by atoms with E-state index in [9.17, 15) is 5.11 Å². The first-order valence-electron chi connectivity index (χ1n) is 10.6. The maximum atomic E-state index is 10.6. The van der Waals surface area contributed by atoms with Crippen molar-refractivity contribution in [1.82, 2.24) is 4.90 Å². The zero-order valence-corrected chi connectivity index (χ0v) is 18.7. The van der Waals surface area contributed by atoms with Gasteiger partial charge in [0.2, 0.25) is 0 Å². The molecule has 1 unspecified atom stereocenters. The molecule has 3 aromatic rings. The number of hydrogen-bond acceptors (Lipinski definition) is 4. The van der Waals surface area contributed by atoms with Crippen LogP contribution < -0.4 is 9.47 Å². The number of halogens is 1. The summed E-state index contributed by atoms with van der Waals surface area (Å²) in [4.78, 5) is 2.29. The average Bonchev–Trinajstić information content (AvgIpc) is 2.79. The number of fused-ring (bicyclic) bond motifs is 1. The van der Waals surface area contributed by atoms with Crippen molar-refractivity contribution < 1.29 is 14.6 Å². The minimum Gasteiger partial charge on any atom is -0.497 e. The first-order chi connectivity index (χ1) is 15.0. The zero-order chi connectivity index (χ0) is 21.8. The van der Waals surface area contributed by atoms with Gasteiger partial charge in [0.05, 0.1) is 7.11 Å². The van der Waals surface area contributed by atoms with Crippen LogP contribution in [0.5, 0.6) is 11.5 Å². The number of rotatable bonds is 7. The third-order valence-electron chi connectivity index (χ3n) is 5.78. The fraction of sp³-hybridized carbons (Fsp3) is 0.308. The van der Waals surface area contributed by atoms with Crippen molar-refractivity contribution in [2.24, 2.45) is 0 Å². The molecule has 0 saturated heterocycles. The van der Waals surface area contributed by atoms with Crippen molar-refractivity contribution in [2.75, 3.05) is 26.8 Å². The normalized spacial score (nSPS) is 14.7. The molecule has 162 valence electrons. The Hall–Kier alpha value is -2.53. The molecule has 0 spiro atoms. The molecule has 0 aliphatic carbocycles. The lowest BCUT2D eigenvalue weighted by Gasteiger charge is -2.30. The SMILES string of the molecule is COc1ccc(Cl)c(-c2ccc(C)c(OCC(O)CN3CCc4ccccc4C3)c2)c1. The fourth-order valence-electron chi connectivity index (χ4n) is 4.02. The highest BCUT2D eigenvalue weighted by molar-refractivity contribution is 6.33. The molecule has 1 aliphatic heterocycles. The van der Waals surface area contributed by atoms with Gasteiger partial charge in [0, 0.05) is 30.2 Å². The summed E-state index contributed by atoms with van der Waals surface area (Å²) in [7, 11) is 1.64. The molecule has 3 aromatic carbocycles. The molecular formula is C26H28ClNO3. The second-order valence-corrected chi connectivity index (χ2v) is 8.45. The first kappa shape index (κ1) is 21.7. The summed E-state index contributed by atoms with van der Waals surface area (Å²) in [5.74, 6) is 1.50. The number of hydrogen-bond donors (Lipinski definition) is 1. The van der Waals surface area contributed by atoms with Gasteiger partial charge in [-0.15, -0.1) is 0 Å². The number of β-amino-alcohol motifs (C(OH)–C–C–N with tert-alkyl or cyclic N) is 1. The third-order valence-corrected chi connectivity index (χ3v) is 6.11. The molecule has 31 heavy (non-hydrogen) atoms. The van der Waals surface area contributed by atoms with Gasteiger partial charge in [-0.05, 0) is 59.9 Å². The van der Waals surface area contributed by atoms with Crippen LogP contribution in [-0.4, -0.2) is 42.9 Å². The molecule has 1 aliphatic rings. The Morgan fingerprint density at radius 1 is 1.06 bits per heavy atom. The summed E-state index contributed by atoms with van der Waals surface area (Å²) in [6.45, 7) is 4.66. The van der Waals surface area contributed by atoms with Crippen molar-refractivity contribution in [3.8, 4) is 22.6 Å². The number of aryl methyl sites for hydroxylation is 1. The lowest BCUT2D eigenvalue weighted by Crippen LogP contribution is -2.38. The molecule has 4 nitrogen and oxygen atoms in total. The van der Waals surface area contributed by atoms with E-state index in [0.717, 1.165) is 47.7 Å². The summed E-state index contributed by atoms with van der Waals surface area (Å²) in [6.07, 6.45) is 0.459. The maximum Gasteiger partial charge on any atom is 0.122 e. The highest BCUT2D eigenvalue weighted by Gasteiger charge is 2.19. The van der Waals surface area contributed by atoms with Gasteiger partial charge < -0.3 is 14.6 Å². The van der Waals surface area contributed by atoms with Crippen LogP contribution in [0.4, 0.5) is 0 Å². The molecule has 1 N–H and O–H groups in total. The summed E-state index contributed by atoms with van der Waals surface area (Å²) in [5.41, 5.74) is 5.61. The Balaban J connectivity index is 1.40. The molecule has 0 amide bonds. The average molecular weight is 438 g/mol. The topological polar surface area (TPSA) is 41.9 Å². The summed E-state index contributed by atoms with van der Waals surface area (Å²) < 4.78 is 11.3. The fourth-order valence-corrected chi connectivity index (χ4v) is 4.25. The molecule has 5 heteroatoms. The quantitative estimate of drug-likeness (QED) is 0.557. The molecule has 0 aromatic heterocycles. The van der Waals surface area contributed by atoms with Crippen molar-refractivity contribution >= 4 is 11.6 Å². The van der Waals surface area contributed by atoms with E-state index in [1.165, 1.54) is 11.1 Å². The van der Waals surface area contributed by atoms with Crippen LogP contribution in [-0.2, 0) is 13.0 Å². The predicted molar refractivity (Wildman–Crippen MR) is 125 cm³/mol. The minimum absolute atomic E-state index is 0.244. The minimum atomic E-state index is -0.561. The number of methoxy groups -OCH3 is 1. The zero-order valence-electron chi connectivity index (χ0n) is 18.0.